The Balaban J connectivity index is 5.10. The Morgan fingerprint density at radius 1 is 0.430 bits per heavy atom. The number of likely N-dealkylation sites (N-methyl/N-ethyl adjacent to an activating group) is 1. The van der Waals surface area contributed by atoms with Gasteiger partial charge in [0.2, 0.25) is 5.91 Å². The Kier molecular flexibility index (Phi) is 58.9. The number of phosphoric acid groups is 1. The number of unbranched alkanes of at least 4 members (excludes halogenated alkanes) is 49. The highest BCUT2D eigenvalue weighted by molar-refractivity contribution is 7.47. The van der Waals surface area contributed by atoms with Crippen LogP contribution in [0.2, 0.25) is 0 Å². The number of hydrogen-bond donors (Lipinski definition) is 2. The van der Waals surface area contributed by atoms with Gasteiger partial charge in [-0.1, -0.05) is 335 Å². The number of ether oxygens (including phenoxy) is 1. The van der Waals surface area contributed by atoms with Gasteiger partial charge < -0.3 is 19.4 Å². The summed E-state index contributed by atoms with van der Waals surface area (Å²) >= 11 is 0. The average Bonchev–Trinajstić information content (AvgIpc) is 3.41. The van der Waals surface area contributed by atoms with E-state index in [0.29, 0.717) is 23.9 Å². The van der Waals surface area contributed by atoms with Gasteiger partial charge in [-0.05, 0) is 31.8 Å². The summed E-state index contributed by atoms with van der Waals surface area (Å²) in [5.74, 6) is -0.477. The van der Waals surface area contributed by atoms with E-state index >= 15 is 0 Å². The summed E-state index contributed by atoms with van der Waals surface area (Å²) in [6.07, 6.45) is 70.7. The lowest BCUT2D eigenvalue weighted by Crippen LogP contribution is -2.47. The van der Waals surface area contributed by atoms with Crippen LogP contribution in [-0.2, 0) is 27.9 Å². The number of carbonyl (C=O) groups is 2. The highest BCUT2D eigenvalue weighted by Gasteiger charge is 2.30. The van der Waals surface area contributed by atoms with Crippen molar-refractivity contribution in [2.24, 2.45) is 0 Å². The van der Waals surface area contributed by atoms with Crippen LogP contribution in [0, 0.1) is 0 Å². The van der Waals surface area contributed by atoms with Crippen LogP contribution < -0.4 is 5.32 Å². The highest BCUT2D eigenvalue weighted by Crippen LogP contribution is 2.43. The van der Waals surface area contributed by atoms with Gasteiger partial charge in [-0.25, -0.2) is 4.57 Å². The monoisotopic (exact) mass is 1140 g/mol. The van der Waals surface area contributed by atoms with E-state index in [-0.39, 0.29) is 25.1 Å². The molecule has 0 rings (SSSR count). The number of nitrogens with one attached hydrogen (secondary N) is 1. The summed E-state index contributed by atoms with van der Waals surface area (Å²) in [4.78, 5) is 37.9. The van der Waals surface area contributed by atoms with E-state index < -0.39 is 20.0 Å². The van der Waals surface area contributed by atoms with Crippen molar-refractivity contribution in [3.8, 4) is 0 Å². The van der Waals surface area contributed by atoms with Gasteiger partial charge in [-0.3, -0.25) is 18.6 Å². The standard InChI is InChI=1S/C69H137N2O7P/c1-7-10-13-16-19-22-25-28-30-32-34-35-37-38-40-43-46-49-52-55-58-61-68(72)70-66(65-77-79(74,75)76-64-63-71(4,5)6)67(60-57-54-51-48-45-42-27-24-21-18-15-12-9-3)78-69(73)62-59-56-53-50-47-44-41-39-36-33-31-29-26-23-20-17-14-11-8-2/h57,60,66-67H,7-56,58-59,61-65H2,1-6H3,(H-,70,72,74,75)/p+1/b60-57+. The first-order valence-electron chi connectivity index (χ1n) is 35.0. The topological polar surface area (TPSA) is 111 Å². The molecule has 0 saturated carbocycles. The van der Waals surface area contributed by atoms with Crippen LogP contribution in [0.15, 0.2) is 12.2 Å². The average molecular weight is 1140 g/mol. The predicted octanol–water partition coefficient (Wildman–Crippen LogP) is 21.9. The van der Waals surface area contributed by atoms with E-state index in [1.165, 1.54) is 276 Å². The van der Waals surface area contributed by atoms with Crippen molar-refractivity contribution in [2.45, 2.75) is 380 Å². The number of nitrogens with zero attached hydrogens (tertiary/aromatic N) is 1. The van der Waals surface area contributed by atoms with Crippen LogP contribution in [0.3, 0.4) is 0 Å². The number of allylic oxidation sites excluding steroid dienone is 1. The summed E-state index contributed by atoms with van der Waals surface area (Å²) in [5, 5.41) is 3.08. The molecule has 0 heterocycles. The molecule has 79 heavy (non-hydrogen) atoms. The Hall–Kier alpha value is -1.25. The van der Waals surface area contributed by atoms with E-state index in [2.05, 4.69) is 32.2 Å². The minimum absolute atomic E-state index is 0.0461. The van der Waals surface area contributed by atoms with Crippen molar-refractivity contribution in [1.29, 1.82) is 0 Å². The van der Waals surface area contributed by atoms with Crippen LogP contribution in [-0.4, -0.2) is 74.3 Å². The maximum absolute atomic E-state index is 13.6. The summed E-state index contributed by atoms with van der Waals surface area (Å²) in [6, 6.07) is -0.840. The first-order chi connectivity index (χ1) is 38.4. The lowest BCUT2D eigenvalue weighted by molar-refractivity contribution is -0.870. The van der Waals surface area contributed by atoms with Crippen LogP contribution in [0.5, 0.6) is 0 Å². The van der Waals surface area contributed by atoms with Gasteiger partial charge in [0.05, 0.1) is 33.8 Å². The van der Waals surface area contributed by atoms with Crippen molar-refractivity contribution in [3.05, 3.63) is 12.2 Å². The lowest BCUT2D eigenvalue weighted by atomic mass is 10.0. The van der Waals surface area contributed by atoms with Crippen LogP contribution in [0.1, 0.15) is 367 Å². The molecule has 0 radical (unpaired) electrons. The molecule has 10 heteroatoms. The molecule has 0 spiro atoms. The number of rotatable bonds is 65. The van der Waals surface area contributed by atoms with Crippen molar-refractivity contribution in [3.63, 3.8) is 0 Å². The third-order valence-corrected chi connectivity index (χ3v) is 17.2. The van der Waals surface area contributed by atoms with Gasteiger partial charge in [-0.15, -0.1) is 0 Å². The minimum Gasteiger partial charge on any atom is -0.456 e. The van der Waals surface area contributed by atoms with Gasteiger partial charge >= 0.3 is 13.8 Å². The molecule has 0 aliphatic heterocycles. The van der Waals surface area contributed by atoms with Gasteiger partial charge in [0.1, 0.15) is 19.3 Å². The van der Waals surface area contributed by atoms with Crippen LogP contribution >= 0.6 is 7.82 Å². The molecule has 470 valence electrons. The molecular formula is C69H138N2O7P+. The molecule has 0 bridgehead atoms. The van der Waals surface area contributed by atoms with Gasteiger partial charge in [-0.2, -0.15) is 0 Å². The zero-order chi connectivity index (χ0) is 57.9. The number of carbonyl (C=O) groups excluding carboxylic acids is 2. The zero-order valence-corrected chi connectivity index (χ0v) is 54.8. The molecule has 0 saturated heterocycles. The number of esters is 1. The summed E-state index contributed by atoms with van der Waals surface area (Å²) < 4.78 is 30.8. The molecule has 3 unspecified atom stereocenters. The summed E-state index contributed by atoms with van der Waals surface area (Å²) in [7, 11) is 1.52. The normalized spacial score (nSPS) is 13.6. The van der Waals surface area contributed by atoms with Crippen molar-refractivity contribution in [1.82, 2.24) is 5.32 Å². The fourth-order valence-electron chi connectivity index (χ4n) is 10.8. The third kappa shape index (κ3) is 61.1. The molecule has 0 aromatic heterocycles. The van der Waals surface area contributed by atoms with Crippen molar-refractivity contribution in [2.75, 3.05) is 40.9 Å². The first-order valence-corrected chi connectivity index (χ1v) is 36.5. The van der Waals surface area contributed by atoms with Crippen molar-refractivity contribution >= 4 is 19.7 Å². The Morgan fingerprint density at radius 3 is 1.04 bits per heavy atom. The molecule has 2 N–H and O–H groups in total. The zero-order valence-electron chi connectivity index (χ0n) is 53.9. The lowest BCUT2D eigenvalue weighted by Gasteiger charge is -2.27. The molecule has 1 amide bonds. The molecule has 0 aliphatic carbocycles. The molecular weight excluding hydrogens is 1000 g/mol. The highest BCUT2D eigenvalue weighted by atomic mass is 31.2. The Bertz CT molecular complexity index is 1360. The molecule has 0 fully saturated rings. The van der Waals surface area contributed by atoms with Crippen LogP contribution in [0.4, 0.5) is 0 Å². The predicted molar refractivity (Wildman–Crippen MR) is 342 cm³/mol. The van der Waals surface area contributed by atoms with Gasteiger partial charge in [0.15, 0.2) is 0 Å². The number of phosphoric ester groups is 1. The van der Waals surface area contributed by atoms with Gasteiger partial charge in [0, 0.05) is 12.8 Å². The van der Waals surface area contributed by atoms with E-state index in [0.717, 1.165) is 57.8 Å². The fourth-order valence-corrected chi connectivity index (χ4v) is 11.6. The second-order valence-electron chi connectivity index (χ2n) is 25.4. The van der Waals surface area contributed by atoms with E-state index in [4.69, 9.17) is 13.8 Å². The minimum atomic E-state index is -4.45. The molecule has 0 aliphatic rings. The summed E-state index contributed by atoms with van der Waals surface area (Å²) in [6.45, 7) is 7.09. The smallest absolute Gasteiger partial charge is 0.456 e. The maximum Gasteiger partial charge on any atom is 0.472 e. The summed E-state index contributed by atoms with van der Waals surface area (Å²) in [5.41, 5.74) is 0. The number of quaternary nitrogens is 1. The number of hydrogen-bond acceptors (Lipinski definition) is 6. The second-order valence-corrected chi connectivity index (χ2v) is 26.9. The fraction of sp³-hybridized carbons (Fsp3) is 0.942. The van der Waals surface area contributed by atoms with Crippen molar-refractivity contribution < 1.29 is 37.3 Å². The third-order valence-electron chi connectivity index (χ3n) is 16.2. The van der Waals surface area contributed by atoms with Gasteiger partial charge in [0.25, 0.3) is 0 Å². The Morgan fingerprint density at radius 2 is 0.722 bits per heavy atom. The molecule has 0 aromatic rings. The maximum atomic E-state index is 13.6. The van der Waals surface area contributed by atoms with E-state index in [1.54, 1.807) is 0 Å². The van der Waals surface area contributed by atoms with E-state index in [1.807, 2.05) is 27.2 Å². The second kappa shape index (κ2) is 59.9. The largest absolute Gasteiger partial charge is 0.472 e. The number of amides is 1. The molecule has 0 aromatic carbocycles. The van der Waals surface area contributed by atoms with E-state index in [9.17, 15) is 19.0 Å². The SMILES string of the molecule is CCCCCCCCCCCCC/C=C/C(OC(=O)CCCCCCCCCCCCCCCCCCCCC)C(COP(=O)(O)OCC[N+](C)(C)C)NC(=O)CCCCCCCCCCCCCCCCCCCCCCC. The van der Waals surface area contributed by atoms with Crippen LogP contribution in [0.25, 0.3) is 0 Å². The molecule has 3 atom stereocenters. The first kappa shape index (κ1) is 77.8. The Labute approximate surface area is 492 Å². The molecule has 9 nitrogen and oxygen atoms in total. The quantitative estimate of drug-likeness (QED) is 0.0205.